The van der Waals surface area contributed by atoms with Crippen molar-refractivity contribution in [2.75, 3.05) is 26.2 Å². The maximum atomic E-state index is 13.3. The SMILES string of the molecule is Cc1ccc(C)n1-c1sccc1C(=O)N1CCCN(C(=O)c2ccccc2)CC1. The van der Waals surface area contributed by atoms with E-state index in [4.69, 9.17) is 0 Å². The van der Waals surface area contributed by atoms with Gasteiger partial charge in [-0.05, 0) is 56.0 Å². The topological polar surface area (TPSA) is 45.6 Å². The number of aryl methyl sites for hydroxylation is 2. The molecule has 1 saturated heterocycles. The van der Waals surface area contributed by atoms with Crippen molar-refractivity contribution in [3.63, 3.8) is 0 Å². The molecule has 150 valence electrons. The Hall–Kier alpha value is -2.86. The summed E-state index contributed by atoms with van der Waals surface area (Å²) in [6.45, 7) is 6.55. The molecule has 0 radical (unpaired) electrons. The molecular formula is C23H25N3O2S. The molecule has 4 rings (SSSR count). The maximum Gasteiger partial charge on any atom is 0.256 e. The Balaban J connectivity index is 1.50. The lowest BCUT2D eigenvalue weighted by atomic mass is 10.2. The van der Waals surface area contributed by atoms with Crippen LogP contribution in [0.3, 0.4) is 0 Å². The van der Waals surface area contributed by atoms with Crippen LogP contribution in [0.4, 0.5) is 0 Å². The average Bonchev–Trinajstić information content (AvgIpc) is 3.24. The molecule has 0 N–H and O–H groups in total. The number of rotatable bonds is 3. The monoisotopic (exact) mass is 407 g/mol. The highest BCUT2D eigenvalue weighted by Crippen LogP contribution is 2.27. The summed E-state index contributed by atoms with van der Waals surface area (Å²) in [6, 6.07) is 15.4. The van der Waals surface area contributed by atoms with E-state index in [-0.39, 0.29) is 11.8 Å². The predicted octanol–water partition coefficient (Wildman–Crippen LogP) is 4.14. The van der Waals surface area contributed by atoms with Gasteiger partial charge < -0.3 is 14.4 Å². The zero-order chi connectivity index (χ0) is 20.4. The van der Waals surface area contributed by atoms with Crippen LogP contribution in [0, 0.1) is 13.8 Å². The van der Waals surface area contributed by atoms with Crippen LogP contribution in [0.2, 0.25) is 0 Å². The molecule has 0 atom stereocenters. The Labute approximate surface area is 175 Å². The average molecular weight is 408 g/mol. The minimum Gasteiger partial charge on any atom is -0.337 e. The number of thiophene rings is 1. The lowest BCUT2D eigenvalue weighted by Crippen LogP contribution is -2.37. The van der Waals surface area contributed by atoms with E-state index >= 15 is 0 Å². The number of aromatic nitrogens is 1. The van der Waals surface area contributed by atoms with Crippen LogP contribution in [-0.4, -0.2) is 52.4 Å². The molecule has 3 heterocycles. The zero-order valence-corrected chi connectivity index (χ0v) is 17.6. The predicted molar refractivity (Wildman–Crippen MR) is 116 cm³/mol. The minimum absolute atomic E-state index is 0.0368. The van der Waals surface area contributed by atoms with E-state index in [0.717, 1.165) is 28.4 Å². The highest BCUT2D eigenvalue weighted by molar-refractivity contribution is 7.13. The molecule has 2 amide bonds. The quantitative estimate of drug-likeness (QED) is 0.655. The Morgan fingerprint density at radius 1 is 0.793 bits per heavy atom. The maximum absolute atomic E-state index is 13.3. The fraction of sp³-hybridized carbons (Fsp3) is 0.304. The summed E-state index contributed by atoms with van der Waals surface area (Å²) in [5, 5.41) is 2.95. The number of carbonyl (C=O) groups excluding carboxylic acids is 2. The Kier molecular flexibility index (Phi) is 5.53. The summed E-state index contributed by atoms with van der Waals surface area (Å²) in [4.78, 5) is 29.8. The first-order chi connectivity index (χ1) is 14.1. The number of nitrogens with zero attached hydrogens (tertiary/aromatic N) is 3. The normalized spacial score (nSPS) is 14.7. The number of carbonyl (C=O) groups is 2. The minimum atomic E-state index is 0.0368. The molecule has 1 aliphatic rings. The molecule has 0 unspecified atom stereocenters. The molecule has 0 saturated carbocycles. The first kappa shape index (κ1) is 19.5. The lowest BCUT2D eigenvalue weighted by molar-refractivity contribution is 0.0719. The van der Waals surface area contributed by atoms with Crippen molar-refractivity contribution in [2.24, 2.45) is 0 Å². The third-order valence-corrected chi connectivity index (χ3v) is 6.34. The fourth-order valence-electron chi connectivity index (χ4n) is 3.88. The molecule has 1 aliphatic heterocycles. The van der Waals surface area contributed by atoms with Gasteiger partial charge in [0.1, 0.15) is 5.00 Å². The van der Waals surface area contributed by atoms with Gasteiger partial charge in [-0.15, -0.1) is 11.3 Å². The molecule has 2 aromatic heterocycles. The summed E-state index contributed by atoms with van der Waals surface area (Å²) in [5.41, 5.74) is 3.68. The summed E-state index contributed by atoms with van der Waals surface area (Å²) >= 11 is 1.59. The third-order valence-electron chi connectivity index (χ3n) is 5.44. The zero-order valence-electron chi connectivity index (χ0n) is 16.8. The number of benzene rings is 1. The van der Waals surface area contributed by atoms with Gasteiger partial charge in [0, 0.05) is 43.1 Å². The summed E-state index contributed by atoms with van der Waals surface area (Å²) in [6.07, 6.45) is 0.783. The fourth-order valence-corrected chi connectivity index (χ4v) is 4.89. The largest absolute Gasteiger partial charge is 0.337 e. The van der Waals surface area contributed by atoms with E-state index in [9.17, 15) is 9.59 Å². The van der Waals surface area contributed by atoms with Gasteiger partial charge in [0.2, 0.25) is 0 Å². The molecule has 0 bridgehead atoms. The van der Waals surface area contributed by atoms with Crippen LogP contribution in [0.1, 0.15) is 38.5 Å². The van der Waals surface area contributed by atoms with Crippen molar-refractivity contribution in [1.29, 1.82) is 0 Å². The molecule has 29 heavy (non-hydrogen) atoms. The summed E-state index contributed by atoms with van der Waals surface area (Å²) in [5.74, 6) is 0.0810. The van der Waals surface area contributed by atoms with Gasteiger partial charge in [-0.2, -0.15) is 0 Å². The van der Waals surface area contributed by atoms with E-state index < -0.39 is 0 Å². The number of amides is 2. The van der Waals surface area contributed by atoms with Crippen LogP contribution >= 0.6 is 11.3 Å². The van der Waals surface area contributed by atoms with E-state index in [2.05, 4.69) is 30.5 Å². The molecule has 3 aromatic rings. The molecule has 0 aliphatic carbocycles. The number of hydrogen-bond donors (Lipinski definition) is 0. The third kappa shape index (κ3) is 3.85. The standard InChI is InChI=1S/C23H25N3O2S/c1-17-9-10-18(2)26(17)23-20(11-16-29-23)22(28)25-13-6-12-24(14-15-25)21(27)19-7-4-3-5-8-19/h3-5,7-11,16H,6,12-15H2,1-2H3. The Morgan fingerprint density at radius 2 is 1.41 bits per heavy atom. The summed E-state index contributed by atoms with van der Waals surface area (Å²) in [7, 11) is 0. The van der Waals surface area contributed by atoms with Gasteiger partial charge in [-0.25, -0.2) is 0 Å². The lowest BCUT2D eigenvalue weighted by Gasteiger charge is -2.23. The van der Waals surface area contributed by atoms with Crippen molar-refractivity contribution in [3.8, 4) is 5.00 Å². The van der Waals surface area contributed by atoms with Crippen LogP contribution in [0.25, 0.3) is 5.00 Å². The van der Waals surface area contributed by atoms with Crippen LogP contribution < -0.4 is 0 Å². The van der Waals surface area contributed by atoms with Crippen molar-refractivity contribution in [1.82, 2.24) is 14.4 Å². The van der Waals surface area contributed by atoms with Crippen molar-refractivity contribution in [2.45, 2.75) is 20.3 Å². The highest BCUT2D eigenvalue weighted by Gasteiger charge is 2.26. The van der Waals surface area contributed by atoms with E-state index in [0.29, 0.717) is 31.7 Å². The van der Waals surface area contributed by atoms with Crippen LogP contribution in [0.5, 0.6) is 0 Å². The van der Waals surface area contributed by atoms with Crippen molar-refractivity contribution >= 4 is 23.2 Å². The second-order valence-corrected chi connectivity index (χ2v) is 8.29. The summed E-state index contributed by atoms with van der Waals surface area (Å²) < 4.78 is 2.14. The smallest absolute Gasteiger partial charge is 0.256 e. The van der Waals surface area contributed by atoms with Gasteiger partial charge in [-0.1, -0.05) is 18.2 Å². The molecule has 5 nitrogen and oxygen atoms in total. The molecule has 1 aromatic carbocycles. The first-order valence-corrected chi connectivity index (χ1v) is 10.8. The molecular weight excluding hydrogens is 382 g/mol. The van der Waals surface area contributed by atoms with E-state index in [1.807, 2.05) is 51.6 Å². The van der Waals surface area contributed by atoms with E-state index in [1.54, 1.807) is 11.3 Å². The van der Waals surface area contributed by atoms with Gasteiger partial charge in [0.15, 0.2) is 0 Å². The van der Waals surface area contributed by atoms with Gasteiger partial charge in [0.25, 0.3) is 11.8 Å². The second kappa shape index (κ2) is 8.25. The van der Waals surface area contributed by atoms with Crippen molar-refractivity contribution in [3.05, 3.63) is 76.4 Å². The number of hydrogen-bond acceptors (Lipinski definition) is 3. The van der Waals surface area contributed by atoms with Gasteiger partial charge in [0.05, 0.1) is 5.56 Å². The first-order valence-electron chi connectivity index (χ1n) is 9.92. The Bertz CT molecular complexity index is 1000. The molecule has 0 spiro atoms. The molecule has 6 heteroatoms. The van der Waals surface area contributed by atoms with Crippen LogP contribution in [0.15, 0.2) is 53.9 Å². The van der Waals surface area contributed by atoms with Crippen LogP contribution in [-0.2, 0) is 0 Å². The van der Waals surface area contributed by atoms with Crippen molar-refractivity contribution < 1.29 is 9.59 Å². The highest BCUT2D eigenvalue weighted by atomic mass is 32.1. The molecule has 1 fully saturated rings. The Morgan fingerprint density at radius 3 is 2.07 bits per heavy atom. The van der Waals surface area contributed by atoms with Gasteiger partial charge in [-0.3, -0.25) is 9.59 Å². The van der Waals surface area contributed by atoms with E-state index in [1.165, 1.54) is 0 Å². The second-order valence-electron chi connectivity index (χ2n) is 7.39. The van der Waals surface area contributed by atoms with Gasteiger partial charge >= 0.3 is 0 Å².